The lowest BCUT2D eigenvalue weighted by molar-refractivity contribution is 0.112. The smallest absolute Gasteiger partial charge is 0.150 e. The van der Waals surface area contributed by atoms with Crippen molar-refractivity contribution < 1.29 is 9.53 Å². The van der Waals surface area contributed by atoms with Crippen molar-refractivity contribution in [1.29, 1.82) is 0 Å². The molecule has 0 N–H and O–H groups in total. The van der Waals surface area contributed by atoms with E-state index in [9.17, 15) is 4.79 Å². The van der Waals surface area contributed by atoms with E-state index >= 15 is 0 Å². The van der Waals surface area contributed by atoms with Crippen LogP contribution in [-0.2, 0) is 0 Å². The number of carbonyl (C=O) groups excluding carboxylic acids is 1. The lowest BCUT2D eigenvalue weighted by atomic mass is 10.1. The first-order chi connectivity index (χ1) is 9.19. The van der Waals surface area contributed by atoms with Gasteiger partial charge in [-0.3, -0.25) is 4.79 Å². The maximum absolute atomic E-state index is 10.7. The van der Waals surface area contributed by atoms with Gasteiger partial charge in [-0.05, 0) is 50.4 Å². The molecule has 0 bridgehead atoms. The van der Waals surface area contributed by atoms with Crippen LogP contribution in [0.4, 0.5) is 0 Å². The molecule has 0 aliphatic rings. The van der Waals surface area contributed by atoms with Gasteiger partial charge < -0.3 is 4.74 Å². The Morgan fingerprint density at radius 1 is 1.05 bits per heavy atom. The SMILES string of the molecule is CCCCCCCCOc1c(Br)cc(C=O)cc1Br. The second kappa shape index (κ2) is 9.54. The van der Waals surface area contributed by atoms with E-state index in [0.717, 1.165) is 27.4 Å². The van der Waals surface area contributed by atoms with E-state index in [-0.39, 0.29) is 0 Å². The molecule has 0 saturated carbocycles. The predicted molar refractivity (Wildman–Crippen MR) is 86.1 cm³/mol. The molecule has 0 heterocycles. The summed E-state index contributed by atoms with van der Waals surface area (Å²) in [5.41, 5.74) is 0.630. The van der Waals surface area contributed by atoms with Crippen LogP contribution in [0, 0.1) is 0 Å². The van der Waals surface area contributed by atoms with Gasteiger partial charge in [-0.2, -0.15) is 0 Å². The van der Waals surface area contributed by atoms with Gasteiger partial charge in [0.25, 0.3) is 0 Å². The molecule has 0 saturated heterocycles. The quantitative estimate of drug-likeness (QED) is 0.394. The second-order valence-corrected chi connectivity index (χ2v) is 6.26. The lowest BCUT2D eigenvalue weighted by Crippen LogP contribution is -1.99. The minimum absolute atomic E-state index is 0.630. The summed E-state index contributed by atoms with van der Waals surface area (Å²) >= 11 is 6.86. The molecule has 2 nitrogen and oxygen atoms in total. The summed E-state index contributed by atoms with van der Waals surface area (Å²) in [6.45, 7) is 2.94. The fourth-order valence-corrected chi connectivity index (χ4v) is 3.29. The Balaban J connectivity index is 2.35. The van der Waals surface area contributed by atoms with E-state index in [1.54, 1.807) is 12.1 Å². The lowest BCUT2D eigenvalue weighted by Gasteiger charge is -2.10. The van der Waals surface area contributed by atoms with Crippen LogP contribution in [0.5, 0.6) is 5.75 Å². The molecule has 1 aromatic rings. The molecule has 0 aliphatic carbocycles. The van der Waals surface area contributed by atoms with Crippen LogP contribution >= 0.6 is 31.9 Å². The van der Waals surface area contributed by atoms with Crippen LogP contribution in [0.15, 0.2) is 21.1 Å². The van der Waals surface area contributed by atoms with Crippen molar-refractivity contribution in [2.45, 2.75) is 45.4 Å². The zero-order valence-electron chi connectivity index (χ0n) is 11.3. The molecule has 1 aromatic carbocycles. The van der Waals surface area contributed by atoms with Crippen LogP contribution in [0.25, 0.3) is 0 Å². The minimum atomic E-state index is 0.630. The van der Waals surface area contributed by atoms with Gasteiger partial charge in [0.2, 0.25) is 0 Å². The number of hydrogen-bond acceptors (Lipinski definition) is 2. The molecule has 0 unspecified atom stereocenters. The van der Waals surface area contributed by atoms with E-state index < -0.39 is 0 Å². The van der Waals surface area contributed by atoms with Crippen LogP contribution in [-0.4, -0.2) is 12.9 Å². The highest BCUT2D eigenvalue weighted by atomic mass is 79.9. The Kier molecular flexibility index (Phi) is 8.38. The summed E-state index contributed by atoms with van der Waals surface area (Å²) < 4.78 is 7.39. The van der Waals surface area contributed by atoms with Crippen molar-refractivity contribution in [3.63, 3.8) is 0 Å². The number of rotatable bonds is 9. The van der Waals surface area contributed by atoms with E-state index in [4.69, 9.17) is 4.74 Å². The number of benzene rings is 1. The molecular formula is C15H20Br2O2. The summed E-state index contributed by atoms with van der Waals surface area (Å²) in [4.78, 5) is 10.7. The van der Waals surface area contributed by atoms with Gasteiger partial charge in [0.05, 0.1) is 15.6 Å². The maximum atomic E-state index is 10.7. The van der Waals surface area contributed by atoms with Gasteiger partial charge in [-0.15, -0.1) is 0 Å². The molecule has 0 aliphatic heterocycles. The van der Waals surface area contributed by atoms with Crippen LogP contribution in [0.2, 0.25) is 0 Å². The molecular weight excluding hydrogens is 372 g/mol. The van der Waals surface area contributed by atoms with E-state index in [2.05, 4.69) is 38.8 Å². The van der Waals surface area contributed by atoms with Crippen LogP contribution < -0.4 is 4.74 Å². The number of halogens is 2. The highest BCUT2D eigenvalue weighted by Gasteiger charge is 2.08. The first-order valence-corrected chi connectivity index (χ1v) is 8.34. The standard InChI is InChI=1S/C15H20Br2O2/c1-2-3-4-5-6-7-8-19-15-13(16)9-12(11-18)10-14(15)17/h9-11H,2-8H2,1H3. The summed E-state index contributed by atoms with van der Waals surface area (Å²) in [5.74, 6) is 0.777. The van der Waals surface area contributed by atoms with Gasteiger partial charge in [0.15, 0.2) is 0 Å². The molecule has 0 fully saturated rings. The van der Waals surface area contributed by atoms with Gasteiger partial charge >= 0.3 is 0 Å². The average molecular weight is 392 g/mol. The predicted octanol–water partition coefficient (Wildman–Crippen LogP) is 5.76. The number of hydrogen-bond donors (Lipinski definition) is 0. The average Bonchev–Trinajstić information content (AvgIpc) is 2.40. The van der Waals surface area contributed by atoms with Crippen molar-refractivity contribution in [3.8, 4) is 5.75 Å². The molecule has 0 radical (unpaired) electrons. The first kappa shape index (κ1) is 16.7. The Hall–Kier alpha value is -0.350. The van der Waals surface area contributed by atoms with Crippen molar-refractivity contribution in [2.24, 2.45) is 0 Å². The third-order valence-corrected chi connectivity index (χ3v) is 4.08. The van der Waals surface area contributed by atoms with Crippen LogP contribution in [0.3, 0.4) is 0 Å². The highest BCUT2D eigenvalue weighted by Crippen LogP contribution is 2.34. The van der Waals surface area contributed by atoms with Gasteiger partial charge in [-0.1, -0.05) is 39.0 Å². The van der Waals surface area contributed by atoms with Gasteiger partial charge in [0, 0.05) is 5.56 Å². The molecule has 106 valence electrons. The Bertz CT molecular complexity index is 382. The monoisotopic (exact) mass is 390 g/mol. The molecule has 1 rings (SSSR count). The van der Waals surface area contributed by atoms with Gasteiger partial charge in [-0.25, -0.2) is 0 Å². The molecule has 0 atom stereocenters. The fourth-order valence-electron chi connectivity index (χ4n) is 1.84. The largest absolute Gasteiger partial charge is 0.491 e. The van der Waals surface area contributed by atoms with E-state index in [1.807, 2.05) is 0 Å². The Morgan fingerprint density at radius 2 is 1.63 bits per heavy atom. The molecule has 0 aromatic heterocycles. The summed E-state index contributed by atoms with van der Waals surface area (Å²) in [6.07, 6.45) is 8.30. The minimum Gasteiger partial charge on any atom is -0.491 e. The van der Waals surface area contributed by atoms with E-state index in [1.165, 1.54) is 32.1 Å². The summed E-state index contributed by atoms with van der Waals surface area (Å²) in [7, 11) is 0. The highest BCUT2D eigenvalue weighted by molar-refractivity contribution is 9.11. The molecule has 19 heavy (non-hydrogen) atoms. The number of ether oxygens (including phenoxy) is 1. The van der Waals surface area contributed by atoms with E-state index in [0.29, 0.717) is 12.2 Å². The zero-order chi connectivity index (χ0) is 14.1. The van der Waals surface area contributed by atoms with Crippen molar-refractivity contribution in [2.75, 3.05) is 6.61 Å². The maximum Gasteiger partial charge on any atom is 0.150 e. The van der Waals surface area contributed by atoms with Crippen LogP contribution in [0.1, 0.15) is 55.8 Å². The number of carbonyl (C=O) groups is 1. The first-order valence-electron chi connectivity index (χ1n) is 6.76. The zero-order valence-corrected chi connectivity index (χ0v) is 14.4. The summed E-state index contributed by atoms with van der Waals surface area (Å²) in [5, 5.41) is 0. The normalized spacial score (nSPS) is 10.5. The molecule has 0 amide bonds. The Labute approximate surface area is 132 Å². The molecule has 0 spiro atoms. The van der Waals surface area contributed by atoms with Crippen molar-refractivity contribution in [1.82, 2.24) is 0 Å². The van der Waals surface area contributed by atoms with Crippen molar-refractivity contribution in [3.05, 3.63) is 26.6 Å². The third-order valence-electron chi connectivity index (χ3n) is 2.90. The van der Waals surface area contributed by atoms with Gasteiger partial charge in [0.1, 0.15) is 12.0 Å². The van der Waals surface area contributed by atoms with Crippen molar-refractivity contribution >= 4 is 38.1 Å². The fraction of sp³-hybridized carbons (Fsp3) is 0.533. The third kappa shape index (κ3) is 6.09. The topological polar surface area (TPSA) is 26.3 Å². The number of aldehydes is 1. The second-order valence-electron chi connectivity index (χ2n) is 4.55. The summed E-state index contributed by atoms with van der Waals surface area (Å²) in [6, 6.07) is 3.54. The number of unbranched alkanes of at least 4 members (excludes halogenated alkanes) is 5. The Morgan fingerprint density at radius 3 is 2.21 bits per heavy atom. The molecule has 4 heteroatoms.